The van der Waals surface area contributed by atoms with Crippen LogP contribution < -0.4 is 5.56 Å². The summed E-state index contributed by atoms with van der Waals surface area (Å²) in [5.41, 5.74) is 3.86. The van der Waals surface area contributed by atoms with Crippen molar-refractivity contribution in [1.29, 1.82) is 0 Å². The Hall–Kier alpha value is -2.73. The van der Waals surface area contributed by atoms with Crippen LogP contribution in [0.1, 0.15) is 11.4 Å². The molecule has 4 rings (SSSR count). The van der Waals surface area contributed by atoms with Gasteiger partial charge in [-0.15, -0.1) is 0 Å². The van der Waals surface area contributed by atoms with Gasteiger partial charge < -0.3 is 4.40 Å². The van der Waals surface area contributed by atoms with Crippen molar-refractivity contribution < 1.29 is 0 Å². The van der Waals surface area contributed by atoms with Crippen LogP contribution in [0.4, 0.5) is 0 Å². The Bertz CT molecular complexity index is 1130. The van der Waals surface area contributed by atoms with Crippen molar-refractivity contribution in [1.82, 2.24) is 23.8 Å². The molecule has 0 unspecified atom stereocenters. The quantitative estimate of drug-likeness (QED) is 0.505. The zero-order valence-corrected chi connectivity index (χ0v) is 13.2. The van der Waals surface area contributed by atoms with Gasteiger partial charge in [-0.1, -0.05) is 17.7 Å². The zero-order valence-electron chi connectivity index (χ0n) is 12.5. The summed E-state index contributed by atoms with van der Waals surface area (Å²) in [5, 5.41) is 0.330. The Balaban J connectivity index is 2.01. The summed E-state index contributed by atoms with van der Waals surface area (Å²) in [5.74, 6) is 0. The third-order valence-corrected chi connectivity index (χ3v) is 3.92. The molecule has 0 bridgehead atoms. The van der Waals surface area contributed by atoms with Gasteiger partial charge in [-0.2, -0.15) is 0 Å². The van der Waals surface area contributed by atoms with Gasteiger partial charge >= 0.3 is 0 Å². The Morgan fingerprint density at radius 2 is 1.87 bits per heavy atom. The summed E-state index contributed by atoms with van der Waals surface area (Å²) in [6, 6.07) is 6.59. The van der Waals surface area contributed by atoms with Crippen LogP contribution in [0.3, 0.4) is 0 Å². The van der Waals surface area contributed by atoms with Crippen molar-refractivity contribution in [2.45, 2.75) is 13.8 Å². The molecule has 4 aromatic rings. The summed E-state index contributed by atoms with van der Waals surface area (Å²) < 4.78 is 3.26. The number of hydrogen-bond donors (Lipinski definition) is 0. The molecule has 0 saturated heterocycles. The Morgan fingerprint density at radius 3 is 2.70 bits per heavy atom. The van der Waals surface area contributed by atoms with Gasteiger partial charge in [0.15, 0.2) is 5.65 Å². The summed E-state index contributed by atoms with van der Waals surface area (Å²) in [6.07, 6.45) is 3.74. The van der Waals surface area contributed by atoms with Gasteiger partial charge in [-0.05, 0) is 26.0 Å². The molecule has 4 aromatic heterocycles. The minimum Gasteiger partial charge on any atom is -0.303 e. The first kappa shape index (κ1) is 13.9. The second kappa shape index (κ2) is 4.89. The topological polar surface area (TPSA) is 64.6 Å². The second-order valence-electron chi connectivity index (χ2n) is 5.35. The van der Waals surface area contributed by atoms with E-state index in [1.165, 1.54) is 10.5 Å². The lowest BCUT2D eigenvalue weighted by Crippen LogP contribution is -2.15. The number of pyridine rings is 1. The lowest BCUT2D eigenvalue weighted by molar-refractivity contribution is 1.03. The maximum Gasteiger partial charge on any atom is 0.259 e. The van der Waals surface area contributed by atoms with E-state index in [0.29, 0.717) is 22.2 Å². The van der Waals surface area contributed by atoms with Crippen molar-refractivity contribution in [2.75, 3.05) is 0 Å². The smallest absolute Gasteiger partial charge is 0.259 e. The number of aryl methyl sites for hydroxylation is 2. The third-order valence-electron chi connectivity index (χ3n) is 3.63. The molecule has 0 aliphatic rings. The van der Waals surface area contributed by atoms with E-state index in [1.807, 2.05) is 30.6 Å². The number of nitrogens with zero attached hydrogens (tertiary/aromatic N) is 5. The summed E-state index contributed by atoms with van der Waals surface area (Å²) >= 11 is 6.06. The second-order valence-corrected chi connectivity index (χ2v) is 5.73. The molecule has 0 radical (unpaired) electrons. The van der Waals surface area contributed by atoms with Crippen LogP contribution in [-0.2, 0) is 0 Å². The first-order valence-corrected chi connectivity index (χ1v) is 7.42. The van der Waals surface area contributed by atoms with E-state index >= 15 is 0 Å². The van der Waals surface area contributed by atoms with E-state index in [2.05, 4.69) is 15.0 Å². The van der Waals surface area contributed by atoms with Crippen LogP contribution in [0.2, 0.25) is 5.15 Å². The van der Waals surface area contributed by atoms with Crippen LogP contribution >= 0.6 is 11.6 Å². The molecule has 0 aromatic carbocycles. The molecule has 0 spiro atoms. The molecule has 0 aliphatic carbocycles. The largest absolute Gasteiger partial charge is 0.303 e. The molecule has 6 nitrogen and oxygen atoms in total. The van der Waals surface area contributed by atoms with Crippen molar-refractivity contribution in [3.63, 3.8) is 0 Å². The van der Waals surface area contributed by atoms with E-state index in [-0.39, 0.29) is 5.56 Å². The number of aromatic nitrogens is 5. The van der Waals surface area contributed by atoms with Crippen LogP contribution in [0, 0.1) is 13.8 Å². The number of fused-ring (bicyclic) bond motifs is 2. The van der Waals surface area contributed by atoms with Crippen molar-refractivity contribution >= 4 is 22.9 Å². The van der Waals surface area contributed by atoms with Gasteiger partial charge in [0.25, 0.3) is 5.56 Å². The molecule has 0 fully saturated rings. The maximum atomic E-state index is 12.3. The van der Waals surface area contributed by atoms with E-state index < -0.39 is 0 Å². The van der Waals surface area contributed by atoms with Crippen molar-refractivity contribution in [2.24, 2.45) is 0 Å². The molecule has 0 aliphatic heterocycles. The van der Waals surface area contributed by atoms with E-state index in [4.69, 9.17) is 11.6 Å². The number of hydrogen-bond acceptors (Lipinski definition) is 4. The van der Waals surface area contributed by atoms with Crippen molar-refractivity contribution in [3.05, 3.63) is 63.6 Å². The average Bonchev–Trinajstić information content (AvgIpc) is 2.88. The van der Waals surface area contributed by atoms with Gasteiger partial charge in [0.05, 0.1) is 17.1 Å². The minimum absolute atomic E-state index is 0.239. The van der Waals surface area contributed by atoms with E-state index in [0.717, 1.165) is 17.0 Å². The van der Waals surface area contributed by atoms with Gasteiger partial charge in [-0.25, -0.2) is 15.0 Å². The molecule has 114 valence electrons. The molecule has 4 heterocycles. The van der Waals surface area contributed by atoms with Gasteiger partial charge in [0.1, 0.15) is 16.5 Å². The summed E-state index contributed by atoms with van der Waals surface area (Å²) in [6.45, 7) is 3.81. The predicted molar refractivity (Wildman–Crippen MR) is 87.9 cm³/mol. The monoisotopic (exact) mass is 325 g/mol. The average molecular weight is 326 g/mol. The Kier molecular flexibility index (Phi) is 2.96. The Morgan fingerprint density at radius 1 is 1.04 bits per heavy atom. The third kappa shape index (κ3) is 2.19. The lowest BCUT2D eigenvalue weighted by atomic mass is 10.3. The molecule has 7 heteroatoms. The van der Waals surface area contributed by atoms with Crippen LogP contribution in [0.25, 0.3) is 22.7 Å². The van der Waals surface area contributed by atoms with Crippen LogP contribution in [0.15, 0.2) is 41.5 Å². The Labute approximate surface area is 136 Å². The highest BCUT2D eigenvalue weighted by molar-refractivity contribution is 6.29. The molecule has 23 heavy (non-hydrogen) atoms. The maximum absolute atomic E-state index is 12.3. The lowest BCUT2D eigenvalue weighted by Gasteiger charge is -2.07. The summed E-state index contributed by atoms with van der Waals surface area (Å²) in [4.78, 5) is 25.8. The highest BCUT2D eigenvalue weighted by atomic mass is 35.5. The number of imidazole rings is 1. The van der Waals surface area contributed by atoms with Gasteiger partial charge in [-0.3, -0.25) is 9.20 Å². The van der Waals surface area contributed by atoms with E-state index in [9.17, 15) is 4.79 Å². The van der Waals surface area contributed by atoms with Crippen LogP contribution in [-0.4, -0.2) is 23.8 Å². The van der Waals surface area contributed by atoms with Crippen molar-refractivity contribution in [3.8, 4) is 11.4 Å². The standard InChI is InChI=1S/C16H12ClN5O/c1-9-7-21-8-12(19-10(2)16(21)18-9)11-6-15(23)22-13(17)4-3-5-14(22)20-11/h3-8H,1-2H3. The normalized spacial score (nSPS) is 11.4. The van der Waals surface area contributed by atoms with Gasteiger partial charge in [0, 0.05) is 18.5 Å². The first-order chi connectivity index (χ1) is 11.0. The highest BCUT2D eigenvalue weighted by Gasteiger charge is 2.11. The fraction of sp³-hybridized carbons (Fsp3) is 0.125. The minimum atomic E-state index is -0.239. The molecule has 0 atom stereocenters. The highest BCUT2D eigenvalue weighted by Crippen LogP contribution is 2.18. The summed E-state index contributed by atoms with van der Waals surface area (Å²) in [7, 11) is 0. The van der Waals surface area contributed by atoms with E-state index in [1.54, 1.807) is 18.2 Å². The fourth-order valence-corrected chi connectivity index (χ4v) is 2.89. The van der Waals surface area contributed by atoms with Gasteiger partial charge in [0.2, 0.25) is 0 Å². The zero-order chi connectivity index (χ0) is 16.1. The first-order valence-electron chi connectivity index (χ1n) is 7.04. The number of halogens is 1. The fourth-order valence-electron chi connectivity index (χ4n) is 2.64. The molecular formula is C16H12ClN5O. The molecular weight excluding hydrogens is 314 g/mol. The molecule has 0 amide bonds. The molecule has 0 N–H and O–H groups in total. The molecule has 0 saturated carbocycles. The predicted octanol–water partition coefficient (Wildman–Crippen LogP) is 2.67. The van der Waals surface area contributed by atoms with Crippen LogP contribution in [0.5, 0.6) is 0 Å². The number of rotatable bonds is 1. The SMILES string of the molecule is Cc1cn2cc(-c3cc(=O)n4c(Cl)cccc4n3)nc(C)c2n1.